The summed E-state index contributed by atoms with van der Waals surface area (Å²) in [6.45, 7) is 0.357. The Balaban J connectivity index is 1.57. The molecule has 6 heteroatoms. The van der Waals surface area contributed by atoms with Crippen molar-refractivity contribution in [1.82, 2.24) is 4.98 Å². The number of oxime groups is 1. The van der Waals surface area contributed by atoms with Gasteiger partial charge in [-0.3, -0.25) is 9.78 Å². The molecule has 2 aromatic carbocycles. The number of nitrogens with zero attached hydrogens (tertiary/aromatic N) is 3. The van der Waals surface area contributed by atoms with Crippen molar-refractivity contribution < 1.29 is 9.63 Å². The van der Waals surface area contributed by atoms with Crippen LogP contribution in [-0.4, -0.2) is 16.6 Å². The zero-order valence-corrected chi connectivity index (χ0v) is 16.6. The van der Waals surface area contributed by atoms with Gasteiger partial charge in [-0.2, -0.15) is 0 Å². The maximum Gasteiger partial charge on any atom is 0.276 e. The summed E-state index contributed by atoms with van der Waals surface area (Å²) < 4.78 is 0.951. The summed E-state index contributed by atoms with van der Waals surface area (Å²) in [5.74, 6) is -0.175. The number of halogens is 1. The van der Waals surface area contributed by atoms with Gasteiger partial charge in [0.25, 0.3) is 5.91 Å². The molecule has 0 radical (unpaired) electrons. The van der Waals surface area contributed by atoms with E-state index in [-0.39, 0.29) is 12.0 Å². The molecular weight excluding hydrogens is 418 g/mol. The third-order valence-electron chi connectivity index (χ3n) is 4.52. The summed E-state index contributed by atoms with van der Waals surface area (Å²) in [6.07, 6.45) is 1.93. The van der Waals surface area contributed by atoms with Gasteiger partial charge in [-0.15, -0.1) is 0 Å². The van der Waals surface area contributed by atoms with E-state index in [1.165, 1.54) is 0 Å². The molecule has 4 rings (SSSR count). The van der Waals surface area contributed by atoms with Crippen molar-refractivity contribution in [2.45, 2.75) is 19.1 Å². The van der Waals surface area contributed by atoms with Crippen LogP contribution in [-0.2, 0) is 16.2 Å². The average molecular weight is 436 g/mol. The summed E-state index contributed by atoms with van der Waals surface area (Å²) in [7, 11) is 0. The third-order valence-corrected chi connectivity index (χ3v) is 5.05. The summed E-state index contributed by atoms with van der Waals surface area (Å²) in [4.78, 5) is 24.9. The number of hydrogen-bond acceptors (Lipinski definition) is 4. The summed E-state index contributed by atoms with van der Waals surface area (Å²) >= 11 is 3.44. The lowest BCUT2D eigenvalue weighted by Gasteiger charge is -2.22. The minimum absolute atomic E-state index is 0.175. The Bertz CT molecular complexity index is 976. The van der Waals surface area contributed by atoms with Gasteiger partial charge in [0.2, 0.25) is 0 Å². The van der Waals surface area contributed by atoms with Crippen LogP contribution >= 0.6 is 15.9 Å². The van der Waals surface area contributed by atoms with Crippen molar-refractivity contribution in [3.8, 4) is 0 Å². The molecule has 0 saturated heterocycles. The van der Waals surface area contributed by atoms with E-state index < -0.39 is 0 Å². The molecule has 1 aliphatic rings. The van der Waals surface area contributed by atoms with Gasteiger partial charge in [-0.25, -0.2) is 0 Å². The molecule has 1 atom stereocenters. The molecule has 0 saturated carbocycles. The van der Waals surface area contributed by atoms with Gasteiger partial charge in [0.05, 0.1) is 12.2 Å². The highest BCUT2D eigenvalue weighted by atomic mass is 79.9. The maximum absolute atomic E-state index is 13.3. The number of pyridine rings is 1. The van der Waals surface area contributed by atoms with E-state index in [9.17, 15) is 4.79 Å². The van der Waals surface area contributed by atoms with Crippen molar-refractivity contribution >= 4 is 33.2 Å². The predicted molar refractivity (Wildman–Crippen MR) is 112 cm³/mol. The van der Waals surface area contributed by atoms with Crippen LogP contribution in [0.25, 0.3) is 0 Å². The molecule has 1 aliphatic heterocycles. The molecule has 0 spiro atoms. The van der Waals surface area contributed by atoms with Crippen LogP contribution < -0.4 is 4.90 Å². The molecule has 2 heterocycles. The number of benzene rings is 2. The molecule has 28 heavy (non-hydrogen) atoms. The lowest BCUT2D eigenvalue weighted by Crippen LogP contribution is -2.36. The maximum atomic E-state index is 13.3. The Morgan fingerprint density at radius 2 is 1.79 bits per heavy atom. The molecule has 3 aromatic rings. The third kappa shape index (κ3) is 4.12. The first kappa shape index (κ1) is 18.4. The lowest BCUT2D eigenvalue weighted by molar-refractivity contribution is -0.112. The van der Waals surface area contributed by atoms with Crippen molar-refractivity contribution in [3.63, 3.8) is 0 Å². The van der Waals surface area contributed by atoms with Gasteiger partial charge < -0.3 is 9.74 Å². The molecule has 0 bridgehead atoms. The zero-order valence-electron chi connectivity index (χ0n) is 15.0. The number of carbonyl (C=O) groups excluding carboxylic acids is 1. The standard InChI is InChI=1S/C22H18BrN3O2/c23-17-9-11-19(12-10-17)26(15-18-8-4-5-13-24-18)22(27)20-14-21(28-25-20)16-6-2-1-3-7-16/h1-13,21H,14-15H2. The second-order valence-corrected chi connectivity index (χ2v) is 7.35. The van der Waals surface area contributed by atoms with E-state index in [1.54, 1.807) is 11.1 Å². The first-order valence-electron chi connectivity index (χ1n) is 8.95. The van der Waals surface area contributed by atoms with Crippen LogP contribution in [0, 0.1) is 0 Å². The molecule has 0 aliphatic carbocycles. The zero-order chi connectivity index (χ0) is 19.3. The fourth-order valence-corrected chi connectivity index (χ4v) is 3.33. The first-order valence-corrected chi connectivity index (χ1v) is 9.75. The molecule has 0 N–H and O–H groups in total. The molecule has 1 unspecified atom stereocenters. The monoisotopic (exact) mass is 435 g/mol. The van der Waals surface area contributed by atoms with Crippen molar-refractivity contribution in [1.29, 1.82) is 0 Å². The minimum atomic E-state index is -0.234. The Hall–Kier alpha value is -2.99. The van der Waals surface area contributed by atoms with Crippen LogP contribution in [0.4, 0.5) is 5.69 Å². The van der Waals surface area contributed by atoms with Crippen molar-refractivity contribution in [3.05, 3.63) is 94.7 Å². The second kappa shape index (κ2) is 8.35. The predicted octanol–water partition coefficient (Wildman–Crippen LogP) is 4.89. The lowest BCUT2D eigenvalue weighted by atomic mass is 10.0. The highest BCUT2D eigenvalue weighted by Gasteiger charge is 2.31. The van der Waals surface area contributed by atoms with Crippen LogP contribution in [0.5, 0.6) is 0 Å². The van der Waals surface area contributed by atoms with Crippen LogP contribution in [0.3, 0.4) is 0 Å². The Labute approximate surface area is 171 Å². The summed E-state index contributed by atoms with van der Waals surface area (Å²) in [5.41, 5.74) is 3.00. The average Bonchev–Trinajstić information content (AvgIpc) is 3.24. The molecule has 1 aromatic heterocycles. The molecule has 140 valence electrons. The first-order chi connectivity index (χ1) is 13.7. The van der Waals surface area contributed by atoms with Crippen molar-refractivity contribution in [2.24, 2.45) is 5.16 Å². The minimum Gasteiger partial charge on any atom is -0.387 e. The highest BCUT2D eigenvalue weighted by Crippen LogP contribution is 2.29. The number of carbonyl (C=O) groups is 1. The van der Waals surface area contributed by atoms with Gasteiger partial charge in [0, 0.05) is 22.8 Å². The fraction of sp³-hybridized carbons (Fsp3) is 0.136. The Morgan fingerprint density at radius 3 is 2.50 bits per heavy atom. The number of amides is 1. The number of rotatable bonds is 5. The number of aromatic nitrogens is 1. The van der Waals surface area contributed by atoms with Crippen LogP contribution in [0.1, 0.15) is 23.8 Å². The van der Waals surface area contributed by atoms with E-state index in [0.717, 1.165) is 21.4 Å². The van der Waals surface area contributed by atoms with Gasteiger partial charge in [-0.1, -0.05) is 57.5 Å². The summed E-state index contributed by atoms with van der Waals surface area (Å²) in [5, 5.41) is 4.09. The Morgan fingerprint density at radius 1 is 1.04 bits per heavy atom. The van der Waals surface area contributed by atoms with Gasteiger partial charge >= 0.3 is 0 Å². The highest BCUT2D eigenvalue weighted by molar-refractivity contribution is 9.10. The Kier molecular flexibility index (Phi) is 5.48. The number of hydrogen-bond donors (Lipinski definition) is 0. The molecular formula is C22H18BrN3O2. The second-order valence-electron chi connectivity index (χ2n) is 6.44. The molecule has 0 fully saturated rings. The van der Waals surface area contributed by atoms with Crippen molar-refractivity contribution in [2.75, 3.05) is 4.90 Å². The topological polar surface area (TPSA) is 54.8 Å². The summed E-state index contributed by atoms with van der Waals surface area (Å²) in [6, 6.07) is 23.1. The van der Waals surface area contributed by atoms with Gasteiger partial charge in [0.15, 0.2) is 6.10 Å². The number of anilines is 1. The van der Waals surface area contributed by atoms with Gasteiger partial charge in [-0.05, 0) is 42.0 Å². The van der Waals surface area contributed by atoms with E-state index in [1.807, 2.05) is 72.8 Å². The smallest absolute Gasteiger partial charge is 0.276 e. The fourth-order valence-electron chi connectivity index (χ4n) is 3.06. The largest absolute Gasteiger partial charge is 0.387 e. The van der Waals surface area contributed by atoms with E-state index in [4.69, 9.17) is 4.84 Å². The SMILES string of the molecule is O=C(C1=NOC(c2ccccc2)C1)N(Cc1ccccn1)c1ccc(Br)cc1. The molecule has 1 amide bonds. The molecule has 5 nitrogen and oxygen atoms in total. The quantitative estimate of drug-likeness (QED) is 0.572. The normalized spacial score (nSPS) is 15.6. The van der Waals surface area contributed by atoms with E-state index >= 15 is 0 Å². The van der Waals surface area contributed by atoms with E-state index in [0.29, 0.717) is 18.7 Å². The van der Waals surface area contributed by atoms with Crippen LogP contribution in [0.2, 0.25) is 0 Å². The van der Waals surface area contributed by atoms with Gasteiger partial charge in [0.1, 0.15) is 5.71 Å². The van der Waals surface area contributed by atoms with Crippen LogP contribution in [0.15, 0.2) is 88.6 Å². The van der Waals surface area contributed by atoms with E-state index in [2.05, 4.69) is 26.1 Å².